The van der Waals surface area contributed by atoms with Gasteiger partial charge in [-0.3, -0.25) is 0 Å². The molecule has 0 atom stereocenters. The van der Waals surface area contributed by atoms with E-state index in [-0.39, 0.29) is 4.90 Å². The van der Waals surface area contributed by atoms with Crippen molar-refractivity contribution in [1.82, 2.24) is 0 Å². The lowest BCUT2D eigenvalue weighted by Gasteiger charge is -2.18. The Morgan fingerprint density at radius 2 is 1.29 bits per heavy atom. The average molecular weight is 455 g/mol. The zero-order valence-corrected chi connectivity index (χ0v) is 18.2. The van der Waals surface area contributed by atoms with Crippen molar-refractivity contribution in [2.45, 2.75) is 18.7 Å². The molecule has 0 aromatic heterocycles. The number of halogens is 1. The highest BCUT2D eigenvalue weighted by Crippen LogP contribution is 2.45. The van der Waals surface area contributed by atoms with E-state index < -0.39 is 8.27 Å². The number of methoxy groups -OCH3 is 1. The highest BCUT2D eigenvalue weighted by molar-refractivity contribution is 9.47. The van der Waals surface area contributed by atoms with Gasteiger partial charge in [0.25, 0.3) is 0 Å². The maximum absolute atomic E-state index is 12.6. The number of hydrogen-bond acceptors (Lipinski definition) is 3. The van der Waals surface area contributed by atoms with Crippen molar-refractivity contribution in [2.75, 3.05) is 7.11 Å². The van der Waals surface area contributed by atoms with E-state index >= 15 is 0 Å². The van der Waals surface area contributed by atoms with Crippen LogP contribution >= 0.6 is 14.8 Å². The average Bonchev–Trinajstić information content (AvgIpc) is 2.65. The van der Waals surface area contributed by atoms with E-state index in [1.807, 2.05) is 56.3 Å². The third-order valence-electron chi connectivity index (χ3n) is 5.01. The number of fused-ring (bicyclic) bond motifs is 2. The second-order valence-corrected chi connectivity index (χ2v) is 10.8. The highest BCUT2D eigenvalue weighted by atomic mass is 79.9. The largest absolute Gasteiger partial charge is 0.496 e. The molecule has 0 radical (unpaired) electrons. The first kappa shape index (κ1) is 19.0. The van der Waals surface area contributed by atoms with Crippen LogP contribution in [0.1, 0.15) is 11.1 Å². The normalized spacial score (nSPS) is 11.9. The van der Waals surface area contributed by atoms with E-state index in [1.54, 1.807) is 13.2 Å². The molecular weight excluding hydrogens is 436 g/mol. The molecule has 0 aliphatic rings. The van der Waals surface area contributed by atoms with Gasteiger partial charge in [-0.25, -0.2) is 8.42 Å². The minimum Gasteiger partial charge on any atom is -0.496 e. The summed E-state index contributed by atoms with van der Waals surface area (Å²) < 4.78 is 30.9. The van der Waals surface area contributed by atoms with Crippen LogP contribution in [0.25, 0.3) is 32.7 Å². The number of aryl methyl sites for hydroxylation is 2. The van der Waals surface area contributed by atoms with Crippen LogP contribution in [0.15, 0.2) is 65.6 Å². The SMILES string of the molecule is COc1ccc2cc(C)ccc2c1-c1c(S(=O)(=O)Br)ccc2cc(C)ccc12. The Kier molecular flexibility index (Phi) is 4.68. The maximum atomic E-state index is 12.6. The van der Waals surface area contributed by atoms with Crippen LogP contribution in [0.2, 0.25) is 0 Å². The fourth-order valence-corrected chi connectivity index (χ4v) is 5.24. The molecule has 0 N–H and O–H groups in total. The van der Waals surface area contributed by atoms with Gasteiger partial charge in [-0.15, -0.1) is 0 Å². The van der Waals surface area contributed by atoms with Crippen LogP contribution in [-0.2, 0) is 8.27 Å². The first-order chi connectivity index (χ1) is 13.3. The number of benzene rings is 4. The molecular formula is C23H19BrO3S. The summed E-state index contributed by atoms with van der Waals surface area (Å²) in [6.07, 6.45) is 0. The Morgan fingerprint density at radius 3 is 1.82 bits per heavy atom. The summed E-state index contributed by atoms with van der Waals surface area (Å²) in [5.74, 6) is 0.641. The molecule has 28 heavy (non-hydrogen) atoms. The molecule has 0 aliphatic carbocycles. The van der Waals surface area contributed by atoms with Crippen LogP contribution in [0.5, 0.6) is 5.75 Å². The second kappa shape index (κ2) is 6.90. The van der Waals surface area contributed by atoms with Crippen molar-refractivity contribution in [2.24, 2.45) is 0 Å². The Morgan fingerprint density at radius 1 is 0.750 bits per heavy atom. The van der Waals surface area contributed by atoms with Crippen molar-refractivity contribution in [1.29, 1.82) is 0 Å². The molecule has 0 aliphatic heterocycles. The summed E-state index contributed by atoms with van der Waals surface area (Å²) in [6.45, 7) is 4.06. The summed E-state index contributed by atoms with van der Waals surface area (Å²) in [4.78, 5) is 0.232. The van der Waals surface area contributed by atoms with Crippen LogP contribution in [0.3, 0.4) is 0 Å². The van der Waals surface area contributed by atoms with Crippen molar-refractivity contribution in [3.8, 4) is 16.9 Å². The summed E-state index contributed by atoms with van der Waals surface area (Å²) >= 11 is 2.89. The van der Waals surface area contributed by atoms with Gasteiger partial charge in [-0.2, -0.15) is 0 Å². The smallest absolute Gasteiger partial charge is 0.238 e. The van der Waals surface area contributed by atoms with Gasteiger partial charge in [0.15, 0.2) is 0 Å². The molecule has 0 bridgehead atoms. The lowest BCUT2D eigenvalue weighted by molar-refractivity contribution is 0.417. The van der Waals surface area contributed by atoms with Gasteiger partial charge in [-0.05, 0) is 47.5 Å². The molecule has 4 aromatic carbocycles. The van der Waals surface area contributed by atoms with Gasteiger partial charge in [0.1, 0.15) is 5.75 Å². The lowest BCUT2D eigenvalue weighted by atomic mass is 9.92. The van der Waals surface area contributed by atoms with E-state index in [0.717, 1.165) is 38.2 Å². The first-order valence-electron chi connectivity index (χ1n) is 8.85. The van der Waals surface area contributed by atoms with Crippen molar-refractivity contribution in [3.05, 3.63) is 71.8 Å². The molecule has 4 rings (SSSR count). The summed E-state index contributed by atoms with van der Waals surface area (Å²) in [5.41, 5.74) is 3.70. The van der Waals surface area contributed by atoms with Crippen molar-refractivity contribution in [3.63, 3.8) is 0 Å². The minimum absolute atomic E-state index is 0.232. The van der Waals surface area contributed by atoms with Gasteiger partial charge in [0.2, 0.25) is 8.27 Å². The Bertz CT molecular complexity index is 1340. The van der Waals surface area contributed by atoms with E-state index in [0.29, 0.717) is 11.3 Å². The van der Waals surface area contributed by atoms with Crippen LogP contribution < -0.4 is 4.74 Å². The standard InChI is InChI=1S/C23H19BrO3S/c1-14-4-8-18-16(12-14)6-10-20(27-3)22(18)23-19-9-5-15(2)13-17(19)7-11-21(23)28(24,25)26/h4-13H,1-3H3. The summed E-state index contributed by atoms with van der Waals surface area (Å²) in [6, 6.07) is 19.6. The Balaban J connectivity index is 2.26. The summed E-state index contributed by atoms with van der Waals surface area (Å²) in [5, 5.41) is 3.85. The Hall–Kier alpha value is -2.37. The lowest BCUT2D eigenvalue weighted by Crippen LogP contribution is -1.98. The number of rotatable bonds is 3. The molecule has 142 valence electrons. The van der Waals surface area contributed by atoms with Crippen LogP contribution in [0, 0.1) is 13.8 Å². The molecule has 3 nitrogen and oxygen atoms in total. The van der Waals surface area contributed by atoms with Crippen molar-refractivity contribution >= 4 is 44.6 Å². The predicted octanol–water partition coefficient (Wildman–Crippen LogP) is 6.37. The van der Waals surface area contributed by atoms with Crippen molar-refractivity contribution < 1.29 is 13.2 Å². The van der Waals surface area contributed by atoms with Gasteiger partial charge in [-0.1, -0.05) is 59.7 Å². The van der Waals surface area contributed by atoms with Gasteiger partial charge < -0.3 is 4.74 Å². The zero-order valence-electron chi connectivity index (χ0n) is 15.8. The van der Waals surface area contributed by atoms with Crippen LogP contribution in [0.4, 0.5) is 0 Å². The maximum Gasteiger partial charge on any atom is 0.238 e. The van der Waals surface area contributed by atoms with E-state index in [1.165, 1.54) is 0 Å². The number of ether oxygens (including phenoxy) is 1. The molecule has 0 fully saturated rings. The molecule has 0 saturated heterocycles. The quantitative estimate of drug-likeness (QED) is 0.337. The molecule has 0 unspecified atom stereocenters. The molecule has 0 saturated carbocycles. The fourth-order valence-electron chi connectivity index (χ4n) is 3.75. The molecule has 5 heteroatoms. The monoisotopic (exact) mass is 454 g/mol. The Labute approximate surface area is 172 Å². The van der Waals surface area contributed by atoms with E-state index in [2.05, 4.69) is 26.9 Å². The van der Waals surface area contributed by atoms with E-state index in [4.69, 9.17) is 4.74 Å². The molecule has 0 spiro atoms. The van der Waals surface area contributed by atoms with Crippen LogP contribution in [-0.4, -0.2) is 15.5 Å². The summed E-state index contributed by atoms with van der Waals surface area (Å²) in [7, 11) is -2.02. The molecule has 0 heterocycles. The molecule has 0 amide bonds. The first-order valence-corrected chi connectivity index (χ1v) is 12.2. The predicted molar refractivity (Wildman–Crippen MR) is 119 cm³/mol. The van der Waals surface area contributed by atoms with E-state index in [9.17, 15) is 8.42 Å². The van der Waals surface area contributed by atoms with Gasteiger partial charge in [0.05, 0.1) is 26.8 Å². The number of hydrogen-bond donors (Lipinski definition) is 0. The fraction of sp³-hybridized carbons (Fsp3) is 0.130. The minimum atomic E-state index is -3.63. The molecule has 4 aromatic rings. The third-order valence-corrected chi connectivity index (χ3v) is 6.92. The zero-order chi connectivity index (χ0) is 20.1. The van der Waals surface area contributed by atoms with Gasteiger partial charge in [0, 0.05) is 11.1 Å². The third kappa shape index (κ3) is 3.19. The second-order valence-electron chi connectivity index (χ2n) is 6.97. The highest BCUT2D eigenvalue weighted by Gasteiger charge is 2.23. The topological polar surface area (TPSA) is 43.4 Å². The van der Waals surface area contributed by atoms with Gasteiger partial charge >= 0.3 is 0 Å².